The molecule has 1 unspecified atom stereocenters. The van der Waals surface area contributed by atoms with Gasteiger partial charge < -0.3 is 5.32 Å². The number of nitrogens with one attached hydrogen (secondary N) is 1. The molecule has 0 aliphatic heterocycles. The van der Waals surface area contributed by atoms with Crippen molar-refractivity contribution >= 4 is 0 Å². The predicted molar refractivity (Wildman–Crippen MR) is 67.0 cm³/mol. The van der Waals surface area contributed by atoms with Crippen LogP contribution in [0.1, 0.15) is 44.2 Å². The van der Waals surface area contributed by atoms with Gasteiger partial charge in [-0.15, -0.1) is 0 Å². The molecule has 16 heavy (non-hydrogen) atoms. The van der Waals surface area contributed by atoms with E-state index in [0.29, 0.717) is 11.6 Å². The van der Waals surface area contributed by atoms with Crippen molar-refractivity contribution in [1.29, 1.82) is 0 Å². The van der Waals surface area contributed by atoms with Crippen molar-refractivity contribution in [3.05, 3.63) is 35.1 Å². The van der Waals surface area contributed by atoms with E-state index in [1.807, 2.05) is 12.1 Å². The van der Waals surface area contributed by atoms with Crippen LogP contribution >= 0.6 is 0 Å². The van der Waals surface area contributed by atoms with Gasteiger partial charge in [0.15, 0.2) is 0 Å². The fraction of sp³-hybridized carbons (Fsp3) is 0.571. The third-order valence-corrected chi connectivity index (χ3v) is 2.96. The van der Waals surface area contributed by atoms with Crippen LogP contribution in [0, 0.1) is 12.7 Å². The summed E-state index contributed by atoms with van der Waals surface area (Å²) >= 11 is 0. The van der Waals surface area contributed by atoms with Gasteiger partial charge in [0.05, 0.1) is 0 Å². The van der Waals surface area contributed by atoms with Crippen LogP contribution in [0.4, 0.5) is 4.39 Å². The van der Waals surface area contributed by atoms with Crippen LogP contribution in [0.2, 0.25) is 0 Å². The number of hydrogen-bond donors (Lipinski definition) is 1. The Kier molecular flexibility index (Phi) is 5.47. The summed E-state index contributed by atoms with van der Waals surface area (Å²) in [7, 11) is 0. The Labute approximate surface area is 98.1 Å². The molecule has 0 spiro atoms. The highest BCUT2D eigenvalue weighted by Gasteiger charge is 2.05. The van der Waals surface area contributed by atoms with E-state index in [1.54, 1.807) is 13.0 Å². The number of hydrogen-bond acceptors (Lipinski definition) is 1. The molecular formula is C14H22FN. The molecule has 0 radical (unpaired) electrons. The lowest BCUT2D eigenvalue weighted by molar-refractivity contribution is 0.461. The molecule has 1 nitrogen and oxygen atoms in total. The molecule has 1 atom stereocenters. The Balaban J connectivity index is 2.50. The molecule has 1 rings (SSSR count). The third kappa shape index (κ3) is 3.93. The van der Waals surface area contributed by atoms with Crippen molar-refractivity contribution in [2.45, 2.75) is 52.6 Å². The zero-order chi connectivity index (χ0) is 12.0. The van der Waals surface area contributed by atoms with E-state index in [4.69, 9.17) is 0 Å². The summed E-state index contributed by atoms with van der Waals surface area (Å²) in [5, 5.41) is 3.47. The van der Waals surface area contributed by atoms with Gasteiger partial charge in [-0.05, 0) is 37.0 Å². The van der Waals surface area contributed by atoms with Crippen LogP contribution in [0.3, 0.4) is 0 Å². The highest BCUT2D eigenvalue weighted by molar-refractivity contribution is 5.23. The molecule has 0 fully saturated rings. The summed E-state index contributed by atoms with van der Waals surface area (Å²) in [6.45, 7) is 6.92. The SMILES string of the molecule is CCCC(CC)NCc1ccc(C)c(F)c1. The van der Waals surface area contributed by atoms with Gasteiger partial charge in [-0.2, -0.15) is 0 Å². The molecule has 0 aromatic heterocycles. The second-order valence-electron chi connectivity index (χ2n) is 4.36. The van der Waals surface area contributed by atoms with Gasteiger partial charge in [-0.25, -0.2) is 4.39 Å². The number of rotatable bonds is 6. The first-order valence-corrected chi connectivity index (χ1v) is 6.15. The highest BCUT2D eigenvalue weighted by Crippen LogP contribution is 2.10. The molecular weight excluding hydrogens is 201 g/mol. The van der Waals surface area contributed by atoms with Crippen molar-refractivity contribution < 1.29 is 4.39 Å². The summed E-state index contributed by atoms with van der Waals surface area (Å²) in [5.74, 6) is -0.108. The van der Waals surface area contributed by atoms with E-state index in [2.05, 4.69) is 19.2 Å². The summed E-state index contributed by atoms with van der Waals surface area (Å²) in [6, 6.07) is 6.01. The zero-order valence-corrected chi connectivity index (χ0v) is 10.5. The average Bonchev–Trinajstić information content (AvgIpc) is 2.28. The van der Waals surface area contributed by atoms with Gasteiger partial charge in [0.1, 0.15) is 5.82 Å². The topological polar surface area (TPSA) is 12.0 Å². The lowest BCUT2D eigenvalue weighted by Crippen LogP contribution is -2.27. The summed E-state index contributed by atoms with van der Waals surface area (Å²) in [6.07, 6.45) is 3.50. The maximum atomic E-state index is 13.3. The minimum Gasteiger partial charge on any atom is -0.310 e. The fourth-order valence-electron chi connectivity index (χ4n) is 1.81. The Morgan fingerprint density at radius 3 is 2.62 bits per heavy atom. The molecule has 0 aliphatic carbocycles. The molecule has 1 aromatic rings. The maximum absolute atomic E-state index is 13.3. The smallest absolute Gasteiger partial charge is 0.126 e. The normalized spacial score (nSPS) is 12.8. The number of halogens is 1. The quantitative estimate of drug-likeness (QED) is 0.773. The molecule has 0 saturated carbocycles. The Morgan fingerprint density at radius 2 is 2.06 bits per heavy atom. The highest BCUT2D eigenvalue weighted by atomic mass is 19.1. The van der Waals surface area contributed by atoms with Crippen LogP contribution in [-0.2, 0) is 6.54 Å². The lowest BCUT2D eigenvalue weighted by Gasteiger charge is -2.16. The summed E-state index contributed by atoms with van der Waals surface area (Å²) < 4.78 is 13.3. The van der Waals surface area contributed by atoms with Crippen LogP contribution in [0.5, 0.6) is 0 Å². The van der Waals surface area contributed by atoms with Crippen molar-refractivity contribution in [2.75, 3.05) is 0 Å². The summed E-state index contributed by atoms with van der Waals surface area (Å²) in [4.78, 5) is 0. The molecule has 0 saturated heterocycles. The monoisotopic (exact) mass is 223 g/mol. The molecule has 0 amide bonds. The first kappa shape index (κ1) is 13.2. The first-order valence-electron chi connectivity index (χ1n) is 6.15. The molecule has 2 heteroatoms. The van der Waals surface area contributed by atoms with E-state index in [-0.39, 0.29) is 5.82 Å². The van der Waals surface area contributed by atoms with Gasteiger partial charge in [-0.1, -0.05) is 32.4 Å². The van der Waals surface area contributed by atoms with Crippen LogP contribution < -0.4 is 5.32 Å². The molecule has 90 valence electrons. The van der Waals surface area contributed by atoms with Gasteiger partial charge in [-0.3, -0.25) is 0 Å². The van der Waals surface area contributed by atoms with Crippen molar-refractivity contribution in [3.8, 4) is 0 Å². The van der Waals surface area contributed by atoms with Gasteiger partial charge in [0, 0.05) is 12.6 Å². The maximum Gasteiger partial charge on any atom is 0.126 e. The minimum absolute atomic E-state index is 0.108. The van der Waals surface area contributed by atoms with Crippen molar-refractivity contribution in [2.24, 2.45) is 0 Å². The van der Waals surface area contributed by atoms with Crippen LogP contribution in [0.25, 0.3) is 0 Å². The van der Waals surface area contributed by atoms with E-state index >= 15 is 0 Å². The van der Waals surface area contributed by atoms with Gasteiger partial charge in [0.2, 0.25) is 0 Å². The molecule has 1 aromatic carbocycles. The Morgan fingerprint density at radius 1 is 1.31 bits per heavy atom. The van der Waals surface area contributed by atoms with Crippen molar-refractivity contribution in [3.63, 3.8) is 0 Å². The average molecular weight is 223 g/mol. The first-order chi connectivity index (χ1) is 7.67. The van der Waals surface area contributed by atoms with E-state index in [0.717, 1.165) is 18.5 Å². The van der Waals surface area contributed by atoms with E-state index < -0.39 is 0 Å². The fourth-order valence-corrected chi connectivity index (χ4v) is 1.81. The van der Waals surface area contributed by atoms with Gasteiger partial charge >= 0.3 is 0 Å². The van der Waals surface area contributed by atoms with Gasteiger partial charge in [0.25, 0.3) is 0 Å². The summed E-state index contributed by atoms with van der Waals surface area (Å²) in [5.41, 5.74) is 1.74. The van der Waals surface area contributed by atoms with E-state index in [1.165, 1.54) is 12.8 Å². The number of aryl methyl sites for hydroxylation is 1. The van der Waals surface area contributed by atoms with Crippen molar-refractivity contribution in [1.82, 2.24) is 5.32 Å². The third-order valence-electron chi connectivity index (χ3n) is 2.96. The standard InChI is InChI=1S/C14H22FN/c1-4-6-13(5-2)16-10-12-8-7-11(3)14(15)9-12/h7-9,13,16H,4-6,10H2,1-3H3. The predicted octanol–water partition coefficient (Wildman–Crippen LogP) is 3.80. The minimum atomic E-state index is -0.108. The largest absolute Gasteiger partial charge is 0.310 e. The molecule has 1 N–H and O–H groups in total. The van der Waals surface area contributed by atoms with E-state index in [9.17, 15) is 4.39 Å². The number of benzene rings is 1. The lowest BCUT2D eigenvalue weighted by atomic mass is 10.1. The second kappa shape index (κ2) is 6.64. The van der Waals surface area contributed by atoms with Crippen LogP contribution in [0.15, 0.2) is 18.2 Å². The second-order valence-corrected chi connectivity index (χ2v) is 4.36. The van der Waals surface area contributed by atoms with Crippen LogP contribution in [-0.4, -0.2) is 6.04 Å². The molecule has 0 bridgehead atoms. The molecule has 0 aliphatic rings. The Bertz CT molecular complexity index is 323. The molecule has 0 heterocycles. The Hall–Kier alpha value is -0.890. The zero-order valence-electron chi connectivity index (χ0n) is 10.5.